The second kappa shape index (κ2) is 4.50. The first-order chi connectivity index (χ1) is 8.79. The molecule has 0 unspecified atom stereocenters. The van der Waals surface area contributed by atoms with Crippen LogP contribution in [0.1, 0.15) is 5.69 Å². The average Bonchev–Trinajstić information content (AvgIpc) is 2.60. The average molecular weight is 288 g/mol. The smallest absolute Gasteiger partial charge is 0.268 e. The Morgan fingerprint density at radius 1 is 1.26 bits per heavy atom. The van der Waals surface area contributed by atoms with Crippen molar-refractivity contribution >= 4 is 21.5 Å². The van der Waals surface area contributed by atoms with Crippen LogP contribution in [0.3, 0.4) is 0 Å². The van der Waals surface area contributed by atoms with Crippen molar-refractivity contribution < 1.29 is 17.2 Å². The van der Waals surface area contributed by atoms with Crippen LogP contribution in [0.5, 0.6) is 0 Å². The highest BCUT2D eigenvalue weighted by atomic mass is 32.2. The third-order valence-electron chi connectivity index (χ3n) is 2.23. The number of benzene rings is 1. The Hall–Kier alpha value is -2.16. The van der Waals surface area contributed by atoms with Gasteiger partial charge < -0.3 is 5.73 Å². The summed E-state index contributed by atoms with van der Waals surface area (Å²) in [7, 11) is -4.42. The van der Waals surface area contributed by atoms with E-state index in [4.69, 9.17) is 5.73 Å². The van der Waals surface area contributed by atoms with Gasteiger partial charge >= 0.3 is 0 Å². The van der Waals surface area contributed by atoms with E-state index in [9.17, 15) is 17.2 Å². The van der Waals surface area contributed by atoms with E-state index in [2.05, 4.69) is 10.2 Å². The lowest BCUT2D eigenvalue weighted by atomic mass is 10.3. The molecular formula is C10H10F2N4O2S. The fourth-order valence-corrected chi connectivity index (χ4v) is 2.61. The van der Waals surface area contributed by atoms with Gasteiger partial charge in [0.2, 0.25) is 0 Å². The van der Waals surface area contributed by atoms with Crippen molar-refractivity contribution in [1.29, 1.82) is 0 Å². The van der Waals surface area contributed by atoms with Gasteiger partial charge in [0.15, 0.2) is 10.7 Å². The van der Waals surface area contributed by atoms with E-state index in [-0.39, 0.29) is 11.5 Å². The van der Waals surface area contributed by atoms with E-state index in [0.29, 0.717) is 5.69 Å². The van der Waals surface area contributed by atoms with Gasteiger partial charge in [0.25, 0.3) is 10.0 Å². The Morgan fingerprint density at radius 2 is 1.84 bits per heavy atom. The monoisotopic (exact) mass is 288 g/mol. The summed E-state index contributed by atoms with van der Waals surface area (Å²) in [5.41, 5.74) is 5.60. The Morgan fingerprint density at radius 3 is 2.32 bits per heavy atom. The molecule has 102 valence electrons. The zero-order valence-corrected chi connectivity index (χ0v) is 10.6. The fourth-order valence-electron chi connectivity index (χ4n) is 1.50. The number of nitrogen functional groups attached to an aromatic ring is 1. The molecule has 6 nitrogen and oxygen atoms in total. The minimum absolute atomic E-state index is 0.0619. The van der Waals surface area contributed by atoms with Crippen molar-refractivity contribution in [3.05, 3.63) is 35.5 Å². The molecule has 2 aromatic rings. The number of rotatable bonds is 3. The first kappa shape index (κ1) is 13.3. The second-order valence-corrected chi connectivity index (χ2v) is 5.47. The van der Waals surface area contributed by atoms with E-state index in [0.717, 1.165) is 12.1 Å². The molecule has 0 bridgehead atoms. The predicted octanol–water partition coefficient (Wildman–Crippen LogP) is 1.38. The molecule has 0 aliphatic rings. The number of aromatic nitrogens is 2. The Labute approximate surface area is 107 Å². The molecule has 0 fully saturated rings. The van der Waals surface area contributed by atoms with Crippen LogP contribution < -0.4 is 10.5 Å². The van der Waals surface area contributed by atoms with Crippen molar-refractivity contribution in [3.8, 4) is 0 Å². The van der Waals surface area contributed by atoms with Crippen molar-refractivity contribution in [2.45, 2.75) is 11.8 Å². The maximum absolute atomic E-state index is 13.5. The standard InChI is InChI=1S/C10H10F2N4O2S/c1-5-2-9(15-14-5)16-19(17,18)10-7(11)3-6(13)4-8(10)12/h2-4H,13H2,1H3,(H2,14,15,16). The summed E-state index contributed by atoms with van der Waals surface area (Å²) < 4.78 is 52.8. The SMILES string of the molecule is Cc1cc(NS(=O)(=O)c2c(F)cc(N)cc2F)n[nH]1. The summed E-state index contributed by atoms with van der Waals surface area (Å²) in [6.07, 6.45) is 0. The Kier molecular flexibility index (Phi) is 3.14. The zero-order valence-electron chi connectivity index (χ0n) is 9.74. The minimum Gasteiger partial charge on any atom is -0.399 e. The maximum atomic E-state index is 13.5. The number of nitrogens with two attached hydrogens (primary N) is 1. The molecule has 0 aliphatic carbocycles. The number of H-pyrrole nitrogens is 1. The van der Waals surface area contributed by atoms with Gasteiger partial charge in [-0.05, 0) is 19.1 Å². The molecule has 0 amide bonds. The molecule has 4 N–H and O–H groups in total. The highest BCUT2D eigenvalue weighted by molar-refractivity contribution is 7.92. The van der Waals surface area contributed by atoms with Crippen molar-refractivity contribution in [2.24, 2.45) is 0 Å². The highest BCUT2D eigenvalue weighted by Gasteiger charge is 2.25. The first-order valence-electron chi connectivity index (χ1n) is 5.09. The summed E-state index contributed by atoms with van der Waals surface area (Å²) in [5.74, 6) is -2.59. The van der Waals surface area contributed by atoms with Crippen LogP contribution in [0.2, 0.25) is 0 Å². The Bertz CT molecular complexity index is 704. The first-order valence-corrected chi connectivity index (χ1v) is 6.57. The third-order valence-corrected chi connectivity index (χ3v) is 3.64. The van der Waals surface area contributed by atoms with Gasteiger partial charge in [-0.1, -0.05) is 0 Å². The molecule has 1 heterocycles. The van der Waals surface area contributed by atoms with Crippen LogP contribution in [0.4, 0.5) is 20.3 Å². The van der Waals surface area contributed by atoms with Gasteiger partial charge in [-0.3, -0.25) is 9.82 Å². The van der Waals surface area contributed by atoms with E-state index in [1.165, 1.54) is 6.07 Å². The largest absolute Gasteiger partial charge is 0.399 e. The van der Waals surface area contributed by atoms with Gasteiger partial charge in [0, 0.05) is 17.4 Å². The number of aryl methyl sites for hydroxylation is 1. The van der Waals surface area contributed by atoms with Crippen LogP contribution in [0, 0.1) is 18.6 Å². The van der Waals surface area contributed by atoms with Gasteiger partial charge in [0.05, 0.1) is 0 Å². The highest BCUT2D eigenvalue weighted by Crippen LogP contribution is 2.23. The molecule has 0 saturated carbocycles. The van der Waals surface area contributed by atoms with Gasteiger partial charge in [0.1, 0.15) is 11.6 Å². The van der Waals surface area contributed by atoms with E-state index >= 15 is 0 Å². The molecule has 1 aromatic carbocycles. The number of sulfonamides is 1. The summed E-state index contributed by atoms with van der Waals surface area (Å²) in [5, 5.41) is 6.12. The summed E-state index contributed by atoms with van der Waals surface area (Å²) in [6.45, 7) is 1.65. The second-order valence-electron chi connectivity index (χ2n) is 3.86. The number of nitrogens with one attached hydrogen (secondary N) is 2. The molecule has 9 heteroatoms. The third kappa shape index (κ3) is 2.65. The number of halogens is 2. The predicted molar refractivity (Wildman–Crippen MR) is 64.9 cm³/mol. The fraction of sp³-hybridized carbons (Fsp3) is 0.100. The zero-order chi connectivity index (χ0) is 14.2. The normalized spacial score (nSPS) is 11.5. The lowest BCUT2D eigenvalue weighted by Gasteiger charge is -2.08. The van der Waals surface area contributed by atoms with Crippen LogP contribution >= 0.6 is 0 Å². The summed E-state index contributed by atoms with van der Waals surface area (Å²) >= 11 is 0. The van der Waals surface area contributed by atoms with Crippen LogP contribution in [0.15, 0.2) is 23.1 Å². The number of hydrogen-bond acceptors (Lipinski definition) is 4. The van der Waals surface area contributed by atoms with E-state index < -0.39 is 26.6 Å². The molecule has 19 heavy (non-hydrogen) atoms. The van der Waals surface area contributed by atoms with Crippen LogP contribution in [-0.2, 0) is 10.0 Å². The van der Waals surface area contributed by atoms with Crippen molar-refractivity contribution in [2.75, 3.05) is 10.5 Å². The molecule has 2 rings (SSSR count). The molecule has 0 saturated heterocycles. The van der Waals surface area contributed by atoms with Gasteiger partial charge in [-0.25, -0.2) is 17.2 Å². The van der Waals surface area contributed by atoms with Crippen LogP contribution in [-0.4, -0.2) is 18.6 Å². The molecular weight excluding hydrogens is 278 g/mol. The number of hydrogen-bond donors (Lipinski definition) is 3. The van der Waals surface area contributed by atoms with E-state index in [1.807, 2.05) is 4.72 Å². The van der Waals surface area contributed by atoms with Crippen LogP contribution in [0.25, 0.3) is 0 Å². The molecule has 0 atom stereocenters. The topological polar surface area (TPSA) is 101 Å². The van der Waals surface area contributed by atoms with E-state index in [1.54, 1.807) is 6.92 Å². The lowest BCUT2D eigenvalue weighted by Crippen LogP contribution is -2.17. The van der Waals surface area contributed by atoms with Gasteiger partial charge in [-0.15, -0.1) is 0 Å². The summed E-state index contributed by atoms with van der Waals surface area (Å²) in [6, 6.07) is 2.84. The van der Waals surface area contributed by atoms with Crippen molar-refractivity contribution in [1.82, 2.24) is 10.2 Å². The minimum atomic E-state index is -4.42. The Balaban J connectivity index is 2.45. The molecule has 0 spiro atoms. The van der Waals surface area contributed by atoms with Crippen molar-refractivity contribution in [3.63, 3.8) is 0 Å². The van der Waals surface area contributed by atoms with Gasteiger partial charge in [-0.2, -0.15) is 5.10 Å². The maximum Gasteiger partial charge on any atom is 0.268 e. The number of aromatic amines is 1. The quantitative estimate of drug-likeness (QED) is 0.743. The number of nitrogens with zero attached hydrogens (tertiary/aromatic N) is 1. The molecule has 1 aromatic heterocycles. The summed E-state index contributed by atoms with van der Waals surface area (Å²) in [4.78, 5) is -1.10. The lowest BCUT2D eigenvalue weighted by molar-refractivity contribution is 0.522. The number of anilines is 2. The molecule has 0 radical (unpaired) electrons. The molecule has 0 aliphatic heterocycles.